The molecule has 0 aliphatic rings. The molecule has 12 heavy (non-hydrogen) atoms. The van der Waals surface area contributed by atoms with Crippen LogP contribution in [0.5, 0.6) is 0 Å². The number of aryl methyl sites for hydroxylation is 1. The Bertz CT molecular complexity index is 281. The first kappa shape index (κ1) is 9.71. The molecule has 1 rings (SSSR count). The van der Waals surface area contributed by atoms with Gasteiger partial charge in [-0.25, -0.2) is 0 Å². The normalized spacial score (nSPS) is 10.1. The molecule has 2 N–H and O–H groups in total. The van der Waals surface area contributed by atoms with Gasteiger partial charge in [-0.15, -0.1) is 0 Å². The van der Waals surface area contributed by atoms with E-state index in [0.29, 0.717) is 0 Å². The summed E-state index contributed by atoms with van der Waals surface area (Å²) in [6.07, 6.45) is 2.24. The maximum atomic E-state index is 5.87. The van der Waals surface area contributed by atoms with E-state index in [4.69, 9.17) is 5.73 Å². The van der Waals surface area contributed by atoms with Crippen LogP contribution in [0.4, 0.5) is 5.69 Å². The summed E-state index contributed by atoms with van der Waals surface area (Å²) in [7, 11) is 0. The van der Waals surface area contributed by atoms with Crippen molar-refractivity contribution in [1.82, 2.24) is 0 Å². The number of nitrogen functional groups attached to an aromatic ring is 1. The summed E-state index contributed by atoms with van der Waals surface area (Å²) in [5.74, 6) is 0. The number of benzene rings is 1. The molecule has 0 atom stereocenters. The molecule has 0 spiro atoms. The van der Waals surface area contributed by atoms with E-state index in [1.165, 1.54) is 9.13 Å². The quantitative estimate of drug-likeness (QED) is 0.666. The van der Waals surface area contributed by atoms with Gasteiger partial charge in [0.1, 0.15) is 0 Å². The van der Waals surface area contributed by atoms with E-state index < -0.39 is 0 Å². The van der Waals surface area contributed by atoms with Crippen molar-refractivity contribution in [3.05, 3.63) is 27.3 Å². The van der Waals surface area contributed by atoms with Crippen molar-refractivity contribution in [1.29, 1.82) is 0 Å². The van der Waals surface area contributed by atoms with E-state index >= 15 is 0 Å². The van der Waals surface area contributed by atoms with Gasteiger partial charge in [0, 0.05) is 9.26 Å². The fourth-order valence-electron chi connectivity index (χ4n) is 1.15. The summed E-state index contributed by atoms with van der Waals surface area (Å²) >= 11 is -0.0600. The number of nitrogens with two attached hydrogens (primary N) is 1. The van der Waals surface area contributed by atoms with E-state index in [0.717, 1.165) is 18.5 Å². The zero-order valence-electron chi connectivity index (χ0n) is 7.31. The maximum absolute atomic E-state index is 5.87. The van der Waals surface area contributed by atoms with Crippen molar-refractivity contribution in [2.45, 2.75) is 19.8 Å². The first-order valence-corrected chi connectivity index (χ1v) is 6.65. The highest BCUT2D eigenvalue weighted by Crippen LogP contribution is 2.18. The Kier molecular flexibility index (Phi) is 3.72. The van der Waals surface area contributed by atoms with Gasteiger partial charge in [-0.1, -0.05) is 44.7 Å². The average Bonchev–Trinajstić information content (AvgIpc) is 2.09. The van der Waals surface area contributed by atoms with E-state index in [-0.39, 0.29) is 20.7 Å². The number of hydrogen-bond acceptors (Lipinski definition) is 1. The lowest BCUT2D eigenvalue weighted by atomic mass is 10.1. The molecule has 1 aromatic rings. The molecular weight excluding hydrogens is 261 g/mol. The summed E-state index contributed by atoms with van der Waals surface area (Å²) in [4.78, 5) is 0. The molecule has 0 saturated heterocycles. The summed E-state index contributed by atoms with van der Waals surface area (Å²) in [5.41, 5.74) is 8.09. The lowest BCUT2D eigenvalue weighted by Crippen LogP contribution is -1.94. The molecule has 0 amide bonds. The van der Waals surface area contributed by atoms with Gasteiger partial charge in [-0.05, 0) is 24.1 Å². The largest absolute Gasteiger partial charge is 0.398 e. The van der Waals surface area contributed by atoms with Gasteiger partial charge in [-0.2, -0.15) is 0 Å². The van der Waals surface area contributed by atoms with Gasteiger partial charge < -0.3 is 5.73 Å². The minimum absolute atomic E-state index is 0.0600. The second kappa shape index (κ2) is 4.60. The standard InChI is InChI=1S/C10H14IN/c1-3-4-8-5-6-9(11-2)7-10(8)12/h5-7H,2-4,12H2,1H3. The minimum atomic E-state index is -0.0600. The van der Waals surface area contributed by atoms with E-state index in [1.54, 1.807) is 0 Å². The minimum Gasteiger partial charge on any atom is -0.398 e. The second-order valence-electron chi connectivity index (χ2n) is 2.73. The summed E-state index contributed by atoms with van der Waals surface area (Å²) < 4.78 is 5.25. The fraction of sp³-hybridized carbons (Fsp3) is 0.300. The Balaban J connectivity index is 2.94. The SMILES string of the molecule is C=Ic1ccc(CCC)c(N)c1. The van der Waals surface area contributed by atoms with Crippen molar-refractivity contribution in [3.63, 3.8) is 0 Å². The van der Waals surface area contributed by atoms with Crippen molar-refractivity contribution in [2.75, 3.05) is 5.73 Å². The average molecular weight is 275 g/mol. The first-order valence-electron chi connectivity index (χ1n) is 4.04. The van der Waals surface area contributed by atoms with E-state index in [2.05, 4.69) is 29.6 Å². The van der Waals surface area contributed by atoms with Crippen LogP contribution in [0.1, 0.15) is 18.9 Å². The van der Waals surface area contributed by atoms with Crippen molar-refractivity contribution in [2.24, 2.45) is 0 Å². The van der Waals surface area contributed by atoms with Gasteiger partial charge in [-0.3, -0.25) is 0 Å². The first-order chi connectivity index (χ1) is 5.77. The number of hydrogen-bond donors (Lipinski definition) is 1. The number of anilines is 1. The molecule has 0 aromatic heterocycles. The van der Waals surface area contributed by atoms with E-state index in [1.807, 2.05) is 0 Å². The summed E-state index contributed by atoms with van der Waals surface area (Å²) in [5, 5.41) is 0. The molecule has 0 saturated carbocycles. The van der Waals surface area contributed by atoms with Crippen LogP contribution in [0.25, 0.3) is 0 Å². The molecule has 0 unspecified atom stereocenters. The molecule has 2 heteroatoms. The number of halogens is 1. The molecule has 0 radical (unpaired) electrons. The Labute approximate surface area is 83.7 Å². The highest BCUT2D eigenvalue weighted by molar-refractivity contribution is 14.2. The highest BCUT2D eigenvalue weighted by Gasteiger charge is 1.97. The topological polar surface area (TPSA) is 26.0 Å². The number of rotatable bonds is 3. The molecule has 1 aromatic carbocycles. The van der Waals surface area contributed by atoms with Crippen LogP contribution in [0.2, 0.25) is 0 Å². The maximum Gasteiger partial charge on any atom is 0.0357 e. The van der Waals surface area contributed by atoms with Gasteiger partial charge in [0.25, 0.3) is 0 Å². The van der Waals surface area contributed by atoms with Crippen LogP contribution in [0.3, 0.4) is 0 Å². The lowest BCUT2D eigenvalue weighted by molar-refractivity contribution is 0.924. The second-order valence-corrected chi connectivity index (χ2v) is 4.74. The third-order valence-corrected chi connectivity index (χ3v) is 3.33. The lowest BCUT2D eigenvalue weighted by Gasteiger charge is -2.04. The van der Waals surface area contributed by atoms with Crippen LogP contribution in [-0.4, -0.2) is 4.51 Å². The van der Waals surface area contributed by atoms with Gasteiger partial charge in [0.05, 0.1) is 0 Å². The molecule has 0 aliphatic heterocycles. The Morgan fingerprint density at radius 3 is 2.75 bits per heavy atom. The molecule has 66 valence electrons. The third-order valence-electron chi connectivity index (χ3n) is 1.78. The smallest absolute Gasteiger partial charge is 0.0357 e. The van der Waals surface area contributed by atoms with Crippen LogP contribution in [0.15, 0.2) is 18.2 Å². The van der Waals surface area contributed by atoms with Crippen molar-refractivity contribution >= 4 is 30.9 Å². The molecule has 1 nitrogen and oxygen atoms in total. The predicted molar refractivity (Wildman–Crippen MR) is 64.7 cm³/mol. The predicted octanol–water partition coefficient (Wildman–Crippen LogP) is 2.79. The zero-order valence-corrected chi connectivity index (χ0v) is 9.47. The third kappa shape index (κ3) is 2.30. The van der Waals surface area contributed by atoms with Gasteiger partial charge in [0.2, 0.25) is 0 Å². The Morgan fingerprint density at radius 2 is 2.25 bits per heavy atom. The van der Waals surface area contributed by atoms with Crippen LogP contribution in [0, 0.1) is 3.57 Å². The summed E-state index contributed by atoms with van der Waals surface area (Å²) in [6, 6.07) is 6.37. The Morgan fingerprint density at radius 1 is 1.50 bits per heavy atom. The monoisotopic (exact) mass is 275 g/mol. The summed E-state index contributed by atoms with van der Waals surface area (Å²) in [6.45, 7) is 2.17. The molecule has 0 bridgehead atoms. The zero-order chi connectivity index (χ0) is 8.97. The molecular formula is C10H14IN. The van der Waals surface area contributed by atoms with Crippen LogP contribution < -0.4 is 5.73 Å². The van der Waals surface area contributed by atoms with Crippen LogP contribution >= 0.6 is 20.7 Å². The van der Waals surface area contributed by atoms with E-state index in [9.17, 15) is 0 Å². The van der Waals surface area contributed by atoms with Crippen molar-refractivity contribution in [3.8, 4) is 0 Å². The van der Waals surface area contributed by atoms with Gasteiger partial charge >= 0.3 is 0 Å². The molecule has 0 heterocycles. The van der Waals surface area contributed by atoms with Crippen molar-refractivity contribution < 1.29 is 0 Å². The highest BCUT2D eigenvalue weighted by atomic mass is 127. The molecule has 0 fully saturated rings. The fourth-order valence-corrected chi connectivity index (χ4v) is 2.14. The van der Waals surface area contributed by atoms with Gasteiger partial charge in [0.15, 0.2) is 0 Å². The van der Waals surface area contributed by atoms with Crippen LogP contribution in [-0.2, 0) is 6.42 Å². The Hall–Kier alpha value is -0.380. The molecule has 0 aliphatic carbocycles.